The first kappa shape index (κ1) is 20.6. The zero-order valence-corrected chi connectivity index (χ0v) is 17.2. The first-order chi connectivity index (χ1) is 13.3. The summed E-state index contributed by atoms with van der Waals surface area (Å²) in [4.78, 5) is 28.9. The van der Waals surface area contributed by atoms with E-state index in [1.807, 2.05) is 23.1 Å². The molecule has 0 radical (unpaired) electrons. The third kappa shape index (κ3) is 4.14. The molecule has 2 heterocycles. The van der Waals surface area contributed by atoms with Gasteiger partial charge in [-0.05, 0) is 18.4 Å². The fraction of sp³-hybridized carbons (Fsp3) is 0.524. The number of carbonyl (C=O) groups excluding carboxylic acids is 2. The van der Waals surface area contributed by atoms with Crippen molar-refractivity contribution in [3.63, 3.8) is 0 Å². The zero-order valence-electron chi connectivity index (χ0n) is 16.3. The van der Waals surface area contributed by atoms with Crippen LogP contribution in [-0.2, 0) is 19.4 Å². The number of benzene rings is 1. The monoisotopic (exact) mass is 404 g/mol. The van der Waals surface area contributed by atoms with Crippen molar-refractivity contribution < 1.29 is 18.0 Å². The first-order valence-corrected chi connectivity index (χ1v) is 11.7. The van der Waals surface area contributed by atoms with Crippen molar-refractivity contribution >= 4 is 21.7 Å². The molecule has 0 aromatic heterocycles. The highest BCUT2D eigenvalue weighted by Crippen LogP contribution is 2.48. The molecule has 152 valence electrons. The highest BCUT2D eigenvalue weighted by molar-refractivity contribution is 7.90. The molecule has 1 aromatic rings. The van der Waals surface area contributed by atoms with Gasteiger partial charge in [-0.15, -0.1) is 6.58 Å². The smallest absolute Gasteiger partial charge is 0.224 e. The van der Waals surface area contributed by atoms with Crippen LogP contribution < -0.4 is 0 Å². The molecule has 0 saturated carbocycles. The van der Waals surface area contributed by atoms with Gasteiger partial charge in [0.05, 0.1) is 11.3 Å². The summed E-state index contributed by atoms with van der Waals surface area (Å²) in [5, 5.41) is 0. The lowest BCUT2D eigenvalue weighted by atomic mass is 9.73. The summed E-state index contributed by atoms with van der Waals surface area (Å²) in [6.45, 7) is 5.38. The van der Waals surface area contributed by atoms with Crippen LogP contribution in [0.2, 0.25) is 0 Å². The minimum absolute atomic E-state index is 0.0171. The highest BCUT2D eigenvalue weighted by Gasteiger charge is 2.53. The van der Waals surface area contributed by atoms with Gasteiger partial charge in [-0.2, -0.15) is 0 Å². The SMILES string of the molecule is C=CCN1C(=O)C[C@H](c2ccccc2)C12CCN(C(=O)CCS(C)(=O)=O)CC2. The van der Waals surface area contributed by atoms with E-state index in [0.29, 0.717) is 38.9 Å². The number of hydrogen-bond acceptors (Lipinski definition) is 4. The molecule has 2 fully saturated rings. The predicted molar refractivity (Wildman–Crippen MR) is 109 cm³/mol. The summed E-state index contributed by atoms with van der Waals surface area (Å²) in [6, 6.07) is 10.1. The lowest BCUT2D eigenvalue weighted by molar-refractivity contribution is -0.136. The molecule has 1 aromatic carbocycles. The average Bonchev–Trinajstić information content (AvgIpc) is 2.93. The molecule has 7 heteroatoms. The van der Waals surface area contributed by atoms with E-state index in [0.717, 1.165) is 11.8 Å². The maximum Gasteiger partial charge on any atom is 0.224 e. The van der Waals surface area contributed by atoms with Crippen LogP contribution in [0.1, 0.15) is 37.2 Å². The van der Waals surface area contributed by atoms with Crippen molar-refractivity contribution in [2.24, 2.45) is 0 Å². The lowest BCUT2D eigenvalue weighted by Crippen LogP contribution is -2.56. The van der Waals surface area contributed by atoms with Gasteiger partial charge >= 0.3 is 0 Å². The summed E-state index contributed by atoms with van der Waals surface area (Å²) in [6.07, 6.45) is 4.78. The van der Waals surface area contributed by atoms with Gasteiger partial charge in [0.1, 0.15) is 9.84 Å². The molecular weight excluding hydrogens is 376 g/mol. The average molecular weight is 405 g/mol. The molecule has 6 nitrogen and oxygen atoms in total. The van der Waals surface area contributed by atoms with E-state index in [9.17, 15) is 18.0 Å². The molecule has 0 aliphatic carbocycles. The number of carbonyl (C=O) groups is 2. The largest absolute Gasteiger partial charge is 0.342 e. The number of rotatable bonds is 6. The molecule has 2 amide bonds. The van der Waals surface area contributed by atoms with E-state index in [2.05, 4.69) is 18.7 Å². The summed E-state index contributed by atoms with van der Waals surface area (Å²) < 4.78 is 22.7. The maximum atomic E-state index is 12.8. The van der Waals surface area contributed by atoms with Gasteiger partial charge in [0.15, 0.2) is 0 Å². The first-order valence-electron chi connectivity index (χ1n) is 9.69. The quantitative estimate of drug-likeness (QED) is 0.680. The Morgan fingerprint density at radius 3 is 2.46 bits per heavy atom. The summed E-state index contributed by atoms with van der Waals surface area (Å²) >= 11 is 0. The number of likely N-dealkylation sites (tertiary alicyclic amines) is 2. The van der Waals surface area contributed by atoms with Gasteiger partial charge in [0.2, 0.25) is 11.8 Å². The summed E-state index contributed by atoms with van der Waals surface area (Å²) in [5.74, 6) is -0.0302. The van der Waals surface area contributed by atoms with E-state index < -0.39 is 9.84 Å². The van der Waals surface area contributed by atoms with Crippen LogP contribution >= 0.6 is 0 Å². The van der Waals surface area contributed by atoms with Gasteiger partial charge in [-0.3, -0.25) is 9.59 Å². The lowest BCUT2D eigenvalue weighted by Gasteiger charge is -2.48. The van der Waals surface area contributed by atoms with Crippen LogP contribution in [-0.4, -0.2) is 67.2 Å². The van der Waals surface area contributed by atoms with Gasteiger partial charge in [-0.25, -0.2) is 8.42 Å². The predicted octanol–water partition coefficient (Wildman–Crippen LogP) is 1.98. The number of hydrogen-bond donors (Lipinski definition) is 0. The standard InChI is InChI=1S/C21H28N2O4S/c1-3-12-23-20(25)16-18(17-7-5-4-6-8-17)21(23)10-13-22(14-11-21)19(24)9-15-28(2,26)27/h3-8,18H,1,9-16H2,2H3/t18-/m1/s1. The number of sulfone groups is 1. The minimum Gasteiger partial charge on any atom is -0.342 e. The molecular formula is C21H28N2O4S. The summed E-state index contributed by atoms with van der Waals surface area (Å²) in [5.41, 5.74) is 0.833. The van der Waals surface area contributed by atoms with Crippen molar-refractivity contribution in [2.45, 2.75) is 37.1 Å². The molecule has 1 atom stereocenters. The number of nitrogens with zero attached hydrogens (tertiary/aromatic N) is 2. The topological polar surface area (TPSA) is 74.8 Å². The van der Waals surface area contributed by atoms with E-state index in [1.54, 1.807) is 11.0 Å². The van der Waals surface area contributed by atoms with Crippen LogP contribution in [0.25, 0.3) is 0 Å². The molecule has 28 heavy (non-hydrogen) atoms. The Balaban J connectivity index is 1.79. The molecule has 2 aliphatic heterocycles. The third-order valence-corrected chi connectivity index (χ3v) is 6.99. The van der Waals surface area contributed by atoms with Gasteiger partial charge in [-0.1, -0.05) is 36.4 Å². The van der Waals surface area contributed by atoms with Crippen molar-refractivity contribution in [3.05, 3.63) is 48.6 Å². The van der Waals surface area contributed by atoms with Crippen LogP contribution in [0.15, 0.2) is 43.0 Å². The molecule has 1 spiro atoms. The fourth-order valence-electron chi connectivity index (χ4n) is 4.63. The van der Waals surface area contributed by atoms with E-state index >= 15 is 0 Å². The molecule has 0 unspecified atom stereocenters. The van der Waals surface area contributed by atoms with Crippen molar-refractivity contribution in [3.8, 4) is 0 Å². The van der Waals surface area contributed by atoms with Crippen LogP contribution in [0.5, 0.6) is 0 Å². The Labute approximate surface area is 167 Å². The Hall–Kier alpha value is -2.15. The third-order valence-electron chi connectivity index (χ3n) is 6.05. The van der Waals surface area contributed by atoms with Crippen molar-refractivity contribution in [1.82, 2.24) is 9.80 Å². The van der Waals surface area contributed by atoms with E-state index in [1.165, 1.54) is 0 Å². The Bertz CT molecular complexity index is 842. The molecule has 0 bridgehead atoms. The number of piperidine rings is 1. The molecule has 3 rings (SSSR count). The zero-order chi connectivity index (χ0) is 20.4. The second-order valence-electron chi connectivity index (χ2n) is 7.82. The highest BCUT2D eigenvalue weighted by atomic mass is 32.2. The van der Waals surface area contributed by atoms with Crippen LogP contribution in [0, 0.1) is 0 Å². The van der Waals surface area contributed by atoms with Crippen molar-refractivity contribution in [2.75, 3.05) is 31.6 Å². The minimum atomic E-state index is -3.16. The number of amides is 2. The fourth-order valence-corrected chi connectivity index (χ4v) is 5.18. The molecule has 2 saturated heterocycles. The van der Waals surface area contributed by atoms with Gasteiger partial charge in [0, 0.05) is 44.6 Å². The van der Waals surface area contributed by atoms with Crippen LogP contribution in [0.3, 0.4) is 0 Å². The van der Waals surface area contributed by atoms with Crippen LogP contribution in [0.4, 0.5) is 0 Å². The second-order valence-corrected chi connectivity index (χ2v) is 10.1. The Morgan fingerprint density at radius 1 is 1.25 bits per heavy atom. The normalized spacial score (nSPS) is 21.9. The van der Waals surface area contributed by atoms with Crippen molar-refractivity contribution in [1.29, 1.82) is 0 Å². The Morgan fingerprint density at radius 2 is 1.89 bits per heavy atom. The van der Waals surface area contributed by atoms with Gasteiger partial charge in [0.25, 0.3) is 0 Å². The summed E-state index contributed by atoms with van der Waals surface area (Å²) in [7, 11) is -3.16. The molecule has 0 N–H and O–H groups in total. The van der Waals surface area contributed by atoms with Gasteiger partial charge < -0.3 is 9.80 Å². The van der Waals surface area contributed by atoms with E-state index in [4.69, 9.17) is 0 Å². The second kappa shape index (κ2) is 8.07. The van der Waals surface area contributed by atoms with E-state index in [-0.39, 0.29) is 35.4 Å². The maximum absolute atomic E-state index is 12.8. The molecule has 2 aliphatic rings. The Kier molecular flexibility index (Phi) is 5.93.